The molecule has 0 fully saturated rings. The Balaban J connectivity index is 2.37. The highest BCUT2D eigenvalue weighted by Crippen LogP contribution is 2.27. The maximum atomic E-state index is 13.8. The lowest BCUT2D eigenvalue weighted by Gasteiger charge is -2.12. The van der Waals surface area contributed by atoms with Crippen molar-refractivity contribution in [2.45, 2.75) is 6.92 Å². The number of methoxy groups -OCH3 is 1. The van der Waals surface area contributed by atoms with Crippen LogP contribution in [0.25, 0.3) is 0 Å². The molecule has 2 aromatic carbocycles. The number of hydrogen-bond donors (Lipinski definition) is 1. The molecular weight excluding hydrogens is 344 g/mol. The molecule has 21 heavy (non-hydrogen) atoms. The molecule has 0 unspecified atom stereocenters. The molecule has 110 valence electrons. The van der Waals surface area contributed by atoms with Gasteiger partial charge in [0, 0.05) is 4.47 Å². The summed E-state index contributed by atoms with van der Waals surface area (Å²) in [7, 11) is 1.45. The van der Waals surface area contributed by atoms with Crippen molar-refractivity contribution in [3.63, 3.8) is 0 Å². The monoisotopic (exact) mass is 355 g/mol. The molecule has 6 heteroatoms. The van der Waals surface area contributed by atoms with E-state index in [1.165, 1.54) is 7.11 Å². The number of ether oxygens (including phenoxy) is 1. The normalized spacial score (nSPS) is 10.3. The fraction of sp³-hybridized carbons (Fsp3) is 0.133. The van der Waals surface area contributed by atoms with Gasteiger partial charge in [0.25, 0.3) is 5.91 Å². The SMILES string of the molecule is COc1ccc(C)cc1NC(=O)c1c(F)cc(Br)cc1F. The van der Waals surface area contributed by atoms with Gasteiger partial charge in [0.1, 0.15) is 22.9 Å². The Hall–Kier alpha value is -1.95. The van der Waals surface area contributed by atoms with Crippen LogP contribution < -0.4 is 10.1 Å². The van der Waals surface area contributed by atoms with Gasteiger partial charge in [-0.3, -0.25) is 4.79 Å². The molecular formula is C15H12BrF2NO2. The molecule has 0 aliphatic heterocycles. The van der Waals surface area contributed by atoms with Gasteiger partial charge < -0.3 is 10.1 Å². The number of carbonyl (C=O) groups is 1. The number of nitrogens with one attached hydrogen (secondary N) is 1. The van der Waals surface area contributed by atoms with Gasteiger partial charge >= 0.3 is 0 Å². The zero-order valence-corrected chi connectivity index (χ0v) is 12.9. The largest absolute Gasteiger partial charge is 0.495 e. The highest BCUT2D eigenvalue weighted by atomic mass is 79.9. The van der Waals surface area contributed by atoms with Crippen molar-refractivity contribution < 1.29 is 18.3 Å². The fourth-order valence-corrected chi connectivity index (χ4v) is 2.27. The number of amides is 1. The second-order valence-electron chi connectivity index (χ2n) is 4.40. The van der Waals surface area contributed by atoms with Crippen molar-refractivity contribution in [2.75, 3.05) is 12.4 Å². The lowest BCUT2D eigenvalue weighted by Crippen LogP contribution is -2.16. The van der Waals surface area contributed by atoms with Crippen LogP contribution in [0.4, 0.5) is 14.5 Å². The summed E-state index contributed by atoms with van der Waals surface area (Å²) in [5, 5.41) is 2.46. The first kappa shape index (κ1) is 15.4. The highest BCUT2D eigenvalue weighted by molar-refractivity contribution is 9.10. The second kappa shape index (κ2) is 6.22. The van der Waals surface area contributed by atoms with E-state index in [1.807, 2.05) is 6.92 Å². The van der Waals surface area contributed by atoms with Gasteiger partial charge in [0.05, 0.1) is 12.8 Å². The van der Waals surface area contributed by atoms with E-state index in [1.54, 1.807) is 18.2 Å². The van der Waals surface area contributed by atoms with E-state index in [0.29, 0.717) is 11.4 Å². The lowest BCUT2D eigenvalue weighted by atomic mass is 10.1. The molecule has 3 nitrogen and oxygen atoms in total. The molecule has 0 aromatic heterocycles. The van der Waals surface area contributed by atoms with Crippen LogP contribution in [-0.2, 0) is 0 Å². The average molecular weight is 356 g/mol. The van der Waals surface area contributed by atoms with E-state index in [9.17, 15) is 13.6 Å². The molecule has 2 aromatic rings. The van der Waals surface area contributed by atoms with Crippen LogP contribution in [0.2, 0.25) is 0 Å². The molecule has 0 heterocycles. The first-order valence-electron chi connectivity index (χ1n) is 6.03. The number of aryl methyl sites for hydroxylation is 1. The Bertz CT molecular complexity index is 681. The van der Waals surface area contributed by atoms with Gasteiger partial charge in [-0.15, -0.1) is 0 Å². The Kier molecular flexibility index (Phi) is 4.57. The van der Waals surface area contributed by atoms with Gasteiger partial charge in [-0.25, -0.2) is 8.78 Å². The topological polar surface area (TPSA) is 38.3 Å². The number of hydrogen-bond acceptors (Lipinski definition) is 2. The fourth-order valence-electron chi connectivity index (χ4n) is 1.86. The van der Waals surface area contributed by atoms with Crippen LogP contribution in [0.1, 0.15) is 15.9 Å². The summed E-state index contributed by atoms with van der Waals surface area (Å²) in [5.74, 6) is -2.34. The molecule has 0 saturated heterocycles. The van der Waals surface area contributed by atoms with E-state index in [0.717, 1.165) is 17.7 Å². The number of halogens is 3. The molecule has 0 radical (unpaired) electrons. The van der Waals surface area contributed by atoms with Crippen LogP contribution in [0.15, 0.2) is 34.8 Å². The zero-order chi connectivity index (χ0) is 15.6. The number of carbonyl (C=O) groups excluding carboxylic acids is 1. The van der Waals surface area contributed by atoms with Crippen molar-refractivity contribution in [3.05, 3.63) is 57.6 Å². The molecule has 1 amide bonds. The predicted octanol–water partition coefficient (Wildman–Crippen LogP) is 4.30. The Morgan fingerprint density at radius 1 is 1.19 bits per heavy atom. The third-order valence-electron chi connectivity index (χ3n) is 2.84. The molecule has 0 atom stereocenters. The molecule has 0 spiro atoms. The van der Waals surface area contributed by atoms with Crippen LogP contribution >= 0.6 is 15.9 Å². The van der Waals surface area contributed by atoms with E-state index in [2.05, 4.69) is 21.2 Å². The standard InChI is InChI=1S/C15H12BrF2NO2/c1-8-3-4-13(21-2)12(5-8)19-15(20)14-10(17)6-9(16)7-11(14)18/h3-7H,1-2H3,(H,19,20). The van der Waals surface area contributed by atoms with E-state index in [4.69, 9.17) is 4.74 Å². The highest BCUT2D eigenvalue weighted by Gasteiger charge is 2.19. The Labute approximate surface area is 129 Å². The predicted molar refractivity (Wildman–Crippen MR) is 79.7 cm³/mol. The summed E-state index contributed by atoms with van der Waals surface area (Å²) >= 11 is 2.96. The van der Waals surface area contributed by atoms with E-state index < -0.39 is 23.1 Å². The summed E-state index contributed by atoms with van der Waals surface area (Å²) in [6.45, 7) is 1.83. The van der Waals surface area contributed by atoms with Crippen molar-refractivity contribution >= 4 is 27.5 Å². The molecule has 0 bridgehead atoms. The Morgan fingerprint density at radius 2 is 1.81 bits per heavy atom. The smallest absolute Gasteiger partial charge is 0.261 e. The third-order valence-corrected chi connectivity index (χ3v) is 3.29. The maximum absolute atomic E-state index is 13.8. The van der Waals surface area contributed by atoms with Crippen LogP contribution in [0.3, 0.4) is 0 Å². The van der Waals surface area contributed by atoms with E-state index in [-0.39, 0.29) is 4.47 Å². The van der Waals surface area contributed by atoms with Gasteiger partial charge in [-0.2, -0.15) is 0 Å². The number of benzene rings is 2. The van der Waals surface area contributed by atoms with Gasteiger partial charge in [0.2, 0.25) is 0 Å². The minimum Gasteiger partial charge on any atom is -0.495 e. The molecule has 0 aliphatic carbocycles. The molecule has 0 aliphatic rings. The van der Waals surface area contributed by atoms with Crippen molar-refractivity contribution in [1.29, 1.82) is 0 Å². The summed E-state index contributed by atoms with van der Waals surface area (Å²) in [5.41, 5.74) is 0.592. The molecule has 1 N–H and O–H groups in total. The van der Waals surface area contributed by atoms with Gasteiger partial charge in [-0.1, -0.05) is 22.0 Å². The summed E-state index contributed by atoms with van der Waals surface area (Å²) in [4.78, 5) is 12.1. The first-order chi connectivity index (χ1) is 9.92. The lowest BCUT2D eigenvalue weighted by molar-refractivity contribution is 0.101. The van der Waals surface area contributed by atoms with Gasteiger partial charge in [-0.05, 0) is 36.8 Å². The second-order valence-corrected chi connectivity index (χ2v) is 5.32. The Morgan fingerprint density at radius 3 is 2.38 bits per heavy atom. The summed E-state index contributed by atoms with van der Waals surface area (Å²) in [6.07, 6.45) is 0. The maximum Gasteiger partial charge on any atom is 0.261 e. The van der Waals surface area contributed by atoms with Crippen LogP contribution in [-0.4, -0.2) is 13.0 Å². The van der Waals surface area contributed by atoms with Crippen molar-refractivity contribution in [1.82, 2.24) is 0 Å². The van der Waals surface area contributed by atoms with Crippen LogP contribution in [0, 0.1) is 18.6 Å². The third kappa shape index (κ3) is 3.39. The minimum atomic E-state index is -0.939. The average Bonchev–Trinajstić information content (AvgIpc) is 2.37. The summed E-state index contributed by atoms with van der Waals surface area (Å²) < 4.78 is 32.9. The molecule has 2 rings (SSSR count). The summed E-state index contributed by atoms with van der Waals surface area (Å²) in [6, 6.07) is 7.19. The molecule has 0 saturated carbocycles. The minimum absolute atomic E-state index is 0.224. The zero-order valence-electron chi connectivity index (χ0n) is 11.3. The van der Waals surface area contributed by atoms with Crippen LogP contribution in [0.5, 0.6) is 5.75 Å². The number of rotatable bonds is 3. The first-order valence-corrected chi connectivity index (χ1v) is 6.82. The van der Waals surface area contributed by atoms with Crippen molar-refractivity contribution in [2.24, 2.45) is 0 Å². The number of anilines is 1. The van der Waals surface area contributed by atoms with Crippen molar-refractivity contribution in [3.8, 4) is 5.75 Å². The van der Waals surface area contributed by atoms with Gasteiger partial charge in [0.15, 0.2) is 0 Å². The van der Waals surface area contributed by atoms with E-state index >= 15 is 0 Å². The quantitative estimate of drug-likeness (QED) is 0.891.